The fraction of sp³-hybridized carbons (Fsp3) is 0.815. The lowest BCUT2D eigenvalue weighted by Crippen LogP contribution is -2.01. The maximum absolute atomic E-state index is 10.7. The van der Waals surface area contributed by atoms with Crippen LogP contribution in [0.2, 0.25) is 0 Å². The van der Waals surface area contributed by atoms with Gasteiger partial charge in [-0.3, -0.25) is 0 Å². The summed E-state index contributed by atoms with van der Waals surface area (Å²) in [6, 6.07) is 0. The summed E-state index contributed by atoms with van der Waals surface area (Å²) in [6.45, 7) is 12.1. The Morgan fingerprint density at radius 3 is 1.38 bits per heavy atom. The third kappa shape index (κ3) is 31.9. The third-order valence-electron chi connectivity index (χ3n) is 5.17. The highest BCUT2D eigenvalue weighted by molar-refractivity contribution is 5.81. The first kappa shape index (κ1) is 30.1. The van der Waals surface area contributed by atoms with E-state index in [1.54, 1.807) is 0 Å². The monoisotopic (exact) mass is 408 g/mol. The van der Waals surface area contributed by atoms with Crippen molar-refractivity contribution in [2.75, 3.05) is 6.61 Å². The molecule has 0 atom stereocenters. The topological polar surface area (TPSA) is 26.3 Å². The van der Waals surface area contributed by atoms with E-state index in [9.17, 15) is 4.79 Å². The van der Waals surface area contributed by atoms with Crippen LogP contribution in [0.5, 0.6) is 0 Å². The molecule has 0 saturated carbocycles. The van der Waals surface area contributed by atoms with Crippen LogP contribution < -0.4 is 0 Å². The molecule has 0 amide bonds. The molecule has 0 aromatic heterocycles. The lowest BCUT2D eigenvalue weighted by Gasteiger charge is -2.03. The van der Waals surface area contributed by atoms with Gasteiger partial charge in [-0.05, 0) is 19.3 Å². The van der Waals surface area contributed by atoms with Crippen molar-refractivity contribution in [2.24, 2.45) is 0 Å². The molecule has 0 N–H and O–H groups in total. The second-order valence-electron chi connectivity index (χ2n) is 8.11. The number of esters is 1. The molecule has 0 fully saturated rings. The number of hydrogen-bond acceptors (Lipinski definition) is 2. The molecule has 0 aromatic rings. The van der Waals surface area contributed by atoms with Gasteiger partial charge in [-0.25, -0.2) is 4.79 Å². The zero-order chi connectivity index (χ0) is 21.8. The number of rotatable bonds is 21. The van der Waals surface area contributed by atoms with E-state index in [1.165, 1.54) is 122 Å². The van der Waals surface area contributed by atoms with Gasteiger partial charge in [-0.15, -0.1) is 6.58 Å². The van der Waals surface area contributed by atoms with Gasteiger partial charge in [0.1, 0.15) is 0 Å². The molecular formula is C27H52O2. The summed E-state index contributed by atoms with van der Waals surface area (Å²) in [5, 5.41) is 0. The van der Waals surface area contributed by atoms with Crippen molar-refractivity contribution in [3.05, 3.63) is 25.3 Å². The Morgan fingerprint density at radius 1 is 0.621 bits per heavy atom. The van der Waals surface area contributed by atoms with Gasteiger partial charge >= 0.3 is 5.97 Å². The van der Waals surface area contributed by atoms with Gasteiger partial charge in [-0.2, -0.15) is 0 Å². The molecule has 0 heterocycles. The van der Waals surface area contributed by atoms with Crippen molar-refractivity contribution in [3.63, 3.8) is 0 Å². The molecule has 0 aliphatic rings. The number of carbonyl (C=O) groups excluding carboxylic acids is 1. The number of carbonyl (C=O) groups is 1. The highest BCUT2D eigenvalue weighted by Crippen LogP contribution is 2.11. The van der Waals surface area contributed by atoms with Crippen molar-refractivity contribution in [3.8, 4) is 0 Å². The molecule has 0 spiro atoms. The molecule has 0 saturated heterocycles. The van der Waals surface area contributed by atoms with Crippen LogP contribution in [0.25, 0.3) is 0 Å². The maximum Gasteiger partial charge on any atom is 0.330 e. The van der Waals surface area contributed by atoms with Crippen LogP contribution in [0.1, 0.15) is 136 Å². The van der Waals surface area contributed by atoms with E-state index < -0.39 is 0 Å². The number of allylic oxidation sites excluding steroid dienone is 1. The Morgan fingerprint density at radius 2 is 1.00 bits per heavy atom. The summed E-state index contributed by atoms with van der Waals surface area (Å²) < 4.78 is 4.91. The van der Waals surface area contributed by atoms with Gasteiger partial charge in [0.15, 0.2) is 0 Å². The average Bonchev–Trinajstić information content (AvgIpc) is 2.74. The van der Waals surface area contributed by atoms with Gasteiger partial charge in [0, 0.05) is 6.08 Å². The molecule has 29 heavy (non-hydrogen) atoms. The molecule has 0 aliphatic heterocycles. The average molecular weight is 409 g/mol. The fourth-order valence-corrected chi connectivity index (χ4v) is 3.24. The second kappa shape index (κ2) is 29.2. The van der Waals surface area contributed by atoms with E-state index in [2.05, 4.69) is 27.0 Å². The molecule has 0 unspecified atom stereocenters. The smallest absolute Gasteiger partial charge is 0.330 e. The summed E-state index contributed by atoms with van der Waals surface area (Å²) >= 11 is 0. The van der Waals surface area contributed by atoms with E-state index in [-0.39, 0.29) is 5.97 Å². The predicted octanol–water partition coefficient (Wildman–Crippen LogP) is 9.34. The number of ether oxygens (including phenoxy) is 1. The Labute approximate surface area is 183 Å². The van der Waals surface area contributed by atoms with Crippen molar-refractivity contribution >= 4 is 5.97 Å². The minimum Gasteiger partial charge on any atom is -0.463 e. The molecular weight excluding hydrogens is 356 g/mol. The lowest BCUT2D eigenvalue weighted by molar-refractivity contribution is -0.137. The first-order valence-electron chi connectivity index (χ1n) is 12.6. The summed E-state index contributed by atoms with van der Waals surface area (Å²) in [4.78, 5) is 10.7. The molecule has 2 nitrogen and oxygen atoms in total. The molecule has 0 rings (SSSR count). The van der Waals surface area contributed by atoms with Gasteiger partial charge in [-0.1, -0.05) is 129 Å². The normalized spacial score (nSPS) is 10.1. The minimum absolute atomic E-state index is 0.305. The van der Waals surface area contributed by atoms with E-state index in [1.807, 2.05) is 6.08 Å². The largest absolute Gasteiger partial charge is 0.463 e. The van der Waals surface area contributed by atoms with Crippen molar-refractivity contribution < 1.29 is 9.53 Å². The van der Waals surface area contributed by atoms with Crippen LogP contribution in [0.15, 0.2) is 25.3 Å². The molecule has 172 valence electrons. The molecule has 2 heteroatoms. The number of unbranched alkanes of at least 4 members (excludes halogenated alkanes) is 17. The molecule has 0 radical (unpaired) electrons. The van der Waals surface area contributed by atoms with Gasteiger partial charge < -0.3 is 4.74 Å². The van der Waals surface area contributed by atoms with E-state index in [4.69, 9.17) is 4.74 Å². The Balaban J connectivity index is 0. The first-order valence-corrected chi connectivity index (χ1v) is 12.6. The highest BCUT2D eigenvalue weighted by Gasteiger charge is 1.95. The SMILES string of the molecule is C=CC(=O)OCCCCCCCCCCCC.C=CCCCCCCCCCC. The van der Waals surface area contributed by atoms with Gasteiger partial charge in [0.25, 0.3) is 0 Å². The van der Waals surface area contributed by atoms with Crippen molar-refractivity contribution in [1.82, 2.24) is 0 Å². The van der Waals surface area contributed by atoms with Crippen LogP contribution in [0.4, 0.5) is 0 Å². The Kier molecular flexibility index (Phi) is 30.3. The van der Waals surface area contributed by atoms with Gasteiger partial charge in [0.05, 0.1) is 6.61 Å². The first-order chi connectivity index (χ1) is 14.2. The predicted molar refractivity (Wildman–Crippen MR) is 130 cm³/mol. The molecule has 0 aliphatic carbocycles. The summed E-state index contributed by atoms with van der Waals surface area (Å²) in [5.74, 6) is -0.305. The standard InChI is InChI=1S/C15H28O2.C12H24/c1-3-5-6-7-8-9-10-11-12-13-14-17-15(16)4-2;1-3-5-7-9-11-12-10-8-6-4-2/h4H,2-3,5-14H2,1H3;3H,1,4-12H2,2H3. The van der Waals surface area contributed by atoms with E-state index in [0.717, 1.165) is 6.42 Å². The lowest BCUT2D eigenvalue weighted by atomic mass is 10.1. The second-order valence-corrected chi connectivity index (χ2v) is 8.11. The molecule has 0 aromatic carbocycles. The minimum atomic E-state index is -0.305. The quantitative estimate of drug-likeness (QED) is 0.0818. The Hall–Kier alpha value is -1.05. The van der Waals surface area contributed by atoms with Crippen molar-refractivity contribution in [1.29, 1.82) is 0 Å². The third-order valence-corrected chi connectivity index (χ3v) is 5.17. The maximum atomic E-state index is 10.7. The highest BCUT2D eigenvalue weighted by atomic mass is 16.5. The zero-order valence-electron chi connectivity index (χ0n) is 20.0. The van der Waals surface area contributed by atoms with Crippen molar-refractivity contribution in [2.45, 2.75) is 136 Å². The molecule has 0 bridgehead atoms. The van der Waals surface area contributed by atoms with Crippen LogP contribution >= 0.6 is 0 Å². The van der Waals surface area contributed by atoms with E-state index in [0.29, 0.717) is 6.61 Å². The number of hydrogen-bond donors (Lipinski definition) is 0. The summed E-state index contributed by atoms with van der Waals surface area (Å²) in [6.07, 6.45) is 28.7. The van der Waals surface area contributed by atoms with E-state index >= 15 is 0 Å². The zero-order valence-corrected chi connectivity index (χ0v) is 20.0. The van der Waals surface area contributed by atoms with Crippen LogP contribution in [0.3, 0.4) is 0 Å². The van der Waals surface area contributed by atoms with Gasteiger partial charge in [0.2, 0.25) is 0 Å². The van der Waals surface area contributed by atoms with Crippen LogP contribution in [0, 0.1) is 0 Å². The summed E-state index contributed by atoms with van der Waals surface area (Å²) in [7, 11) is 0. The fourth-order valence-electron chi connectivity index (χ4n) is 3.24. The Bertz CT molecular complexity index is 335. The summed E-state index contributed by atoms with van der Waals surface area (Å²) in [5.41, 5.74) is 0. The van der Waals surface area contributed by atoms with Crippen LogP contribution in [-0.4, -0.2) is 12.6 Å². The van der Waals surface area contributed by atoms with Crippen LogP contribution in [-0.2, 0) is 9.53 Å².